The summed E-state index contributed by atoms with van der Waals surface area (Å²) in [5.74, 6) is 0.977. The largest absolute Gasteiger partial charge is 0.345 e. The van der Waals surface area contributed by atoms with Gasteiger partial charge in [-0.1, -0.05) is 17.7 Å². The summed E-state index contributed by atoms with van der Waals surface area (Å²) in [5, 5.41) is 0.782. The summed E-state index contributed by atoms with van der Waals surface area (Å²) < 4.78 is 0. The van der Waals surface area contributed by atoms with Gasteiger partial charge in [0.05, 0.1) is 5.69 Å². The third-order valence-electron chi connectivity index (χ3n) is 3.03. The van der Waals surface area contributed by atoms with Crippen LogP contribution in [0, 0.1) is 0 Å². The average molecular weight is 248 g/mol. The van der Waals surface area contributed by atoms with Crippen LogP contribution >= 0.6 is 11.6 Å². The van der Waals surface area contributed by atoms with Gasteiger partial charge in [-0.3, -0.25) is 0 Å². The van der Waals surface area contributed by atoms with Crippen molar-refractivity contribution in [3.8, 4) is 11.3 Å². The van der Waals surface area contributed by atoms with E-state index in [0.717, 1.165) is 29.4 Å². The summed E-state index contributed by atoms with van der Waals surface area (Å²) in [6.45, 7) is 1.99. The van der Waals surface area contributed by atoms with E-state index in [1.54, 1.807) is 0 Å². The topological polar surface area (TPSA) is 54.7 Å². The predicted octanol–water partition coefficient (Wildman–Crippen LogP) is 2.52. The Bertz CT molecular complexity index is 572. The summed E-state index contributed by atoms with van der Waals surface area (Å²) in [4.78, 5) is 7.98. The van der Waals surface area contributed by atoms with Crippen molar-refractivity contribution in [1.82, 2.24) is 9.97 Å². The number of nitrogens with zero attached hydrogens (tertiary/aromatic N) is 1. The number of nitrogens with two attached hydrogens (primary N) is 1. The average Bonchev–Trinajstić information content (AvgIpc) is 2.72. The van der Waals surface area contributed by atoms with Crippen molar-refractivity contribution >= 4 is 11.6 Å². The Morgan fingerprint density at radius 1 is 1.53 bits per heavy atom. The van der Waals surface area contributed by atoms with Crippen molar-refractivity contribution < 1.29 is 0 Å². The van der Waals surface area contributed by atoms with Gasteiger partial charge >= 0.3 is 0 Å². The van der Waals surface area contributed by atoms with E-state index in [4.69, 9.17) is 17.3 Å². The molecule has 1 aliphatic carbocycles. The third-order valence-corrected chi connectivity index (χ3v) is 3.27. The number of halogens is 1. The molecule has 0 radical (unpaired) electrons. The van der Waals surface area contributed by atoms with Gasteiger partial charge in [-0.2, -0.15) is 0 Å². The highest BCUT2D eigenvalue weighted by molar-refractivity contribution is 6.30. The number of hydrogen-bond donors (Lipinski definition) is 2. The molecule has 0 saturated heterocycles. The SMILES string of the molecule is CC(N)Cc1nc2c([nH]1)Cc1cc(Cl)ccc1-2. The van der Waals surface area contributed by atoms with Gasteiger partial charge in [-0.25, -0.2) is 4.98 Å². The lowest BCUT2D eigenvalue weighted by Crippen LogP contribution is -2.18. The molecule has 88 valence electrons. The minimum atomic E-state index is 0.131. The summed E-state index contributed by atoms with van der Waals surface area (Å²) in [5.41, 5.74) is 10.5. The molecule has 1 aliphatic rings. The van der Waals surface area contributed by atoms with E-state index in [1.807, 2.05) is 25.1 Å². The van der Waals surface area contributed by atoms with E-state index >= 15 is 0 Å². The van der Waals surface area contributed by atoms with Gasteiger partial charge in [0.15, 0.2) is 0 Å². The van der Waals surface area contributed by atoms with Gasteiger partial charge in [0, 0.05) is 35.2 Å². The van der Waals surface area contributed by atoms with Crippen molar-refractivity contribution in [2.45, 2.75) is 25.8 Å². The third kappa shape index (κ3) is 1.85. The summed E-state index contributed by atoms with van der Waals surface area (Å²) in [7, 11) is 0. The van der Waals surface area contributed by atoms with Crippen LogP contribution in [-0.2, 0) is 12.8 Å². The molecule has 1 unspecified atom stereocenters. The molecule has 3 nitrogen and oxygen atoms in total. The lowest BCUT2D eigenvalue weighted by Gasteiger charge is -2.02. The van der Waals surface area contributed by atoms with Gasteiger partial charge in [0.1, 0.15) is 5.82 Å². The first kappa shape index (κ1) is 10.8. The van der Waals surface area contributed by atoms with E-state index in [2.05, 4.69) is 9.97 Å². The van der Waals surface area contributed by atoms with Crippen LogP contribution < -0.4 is 5.73 Å². The Labute approximate surface area is 105 Å². The van der Waals surface area contributed by atoms with Crippen molar-refractivity contribution in [2.24, 2.45) is 5.73 Å². The van der Waals surface area contributed by atoms with E-state index in [0.29, 0.717) is 0 Å². The Morgan fingerprint density at radius 3 is 3.12 bits per heavy atom. The highest BCUT2D eigenvalue weighted by atomic mass is 35.5. The molecule has 2 aromatic rings. The van der Waals surface area contributed by atoms with Crippen molar-refractivity contribution in [3.05, 3.63) is 40.3 Å². The molecule has 4 heteroatoms. The molecule has 1 aromatic carbocycles. The minimum absolute atomic E-state index is 0.131. The van der Waals surface area contributed by atoms with Crippen LogP contribution in [-0.4, -0.2) is 16.0 Å². The standard InChI is InChI=1S/C13H14ClN3/c1-7(15)4-12-16-11-6-8-5-9(14)2-3-10(8)13(11)17-12/h2-3,5,7H,4,6,15H2,1H3,(H,16,17). The number of nitrogens with one attached hydrogen (secondary N) is 1. The molecule has 1 atom stereocenters. The molecule has 1 aromatic heterocycles. The fourth-order valence-corrected chi connectivity index (χ4v) is 2.54. The maximum atomic E-state index is 5.99. The number of rotatable bonds is 2. The number of aromatic nitrogens is 2. The van der Waals surface area contributed by atoms with Crippen LogP contribution in [0.3, 0.4) is 0 Å². The number of imidazole rings is 1. The zero-order chi connectivity index (χ0) is 12.0. The first-order valence-electron chi connectivity index (χ1n) is 5.75. The van der Waals surface area contributed by atoms with E-state index in [1.165, 1.54) is 16.8 Å². The molecule has 0 aliphatic heterocycles. The first-order chi connectivity index (χ1) is 8.13. The number of hydrogen-bond acceptors (Lipinski definition) is 2. The van der Waals surface area contributed by atoms with Crippen LogP contribution in [0.4, 0.5) is 0 Å². The van der Waals surface area contributed by atoms with Gasteiger partial charge < -0.3 is 10.7 Å². The molecule has 0 spiro atoms. The Hall–Kier alpha value is -1.32. The fourth-order valence-electron chi connectivity index (χ4n) is 2.35. The Kier molecular flexibility index (Phi) is 2.45. The smallest absolute Gasteiger partial charge is 0.108 e. The van der Waals surface area contributed by atoms with E-state index in [9.17, 15) is 0 Å². The number of H-pyrrole nitrogens is 1. The van der Waals surface area contributed by atoms with Crippen LogP contribution in [0.15, 0.2) is 18.2 Å². The minimum Gasteiger partial charge on any atom is -0.345 e. The number of benzene rings is 1. The highest BCUT2D eigenvalue weighted by Crippen LogP contribution is 2.36. The molecular weight excluding hydrogens is 234 g/mol. The Morgan fingerprint density at radius 2 is 2.35 bits per heavy atom. The quantitative estimate of drug-likeness (QED) is 0.731. The second-order valence-corrected chi connectivity index (χ2v) is 5.11. The van der Waals surface area contributed by atoms with Gasteiger partial charge in [-0.15, -0.1) is 0 Å². The lowest BCUT2D eigenvalue weighted by atomic mass is 10.1. The summed E-state index contributed by atoms with van der Waals surface area (Å²) in [6, 6.07) is 6.10. The molecule has 0 fully saturated rings. The van der Waals surface area contributed by atoms with Crippen molar-refractivity contribution in [1.29, 1.82) is 0 Å². The second-order valence-electron chi connectivity index (χ2n) is 4.67. The number of fused-ring (bicyclic) bond motifs is 3. The molecular formula is C13H14ClN3. The molecule has 17 heavy (non-hydrogen) atoms. The Balaban J connectivity index is 2.00. The van der Waals surface area contributed by atoms with E-state index in [-0.39, 0.29) is 6.04 Å². The maximum Gasteiger partial charge on any atom is 0.108 e. The zero-order valence-electron chi connectivity index (χ0n) is 9.63. The molecule has 0 bridgehead atoms. The maximum absolute atomic E-state index is 5.99. The number of aromatic amines is 1. The van der Waals surface area contributed by atoms with Crippen LogP contribution in [0.5, 0.6) is 0 Å². The molecule has 0 saturated carbocycles. The predicted molar refractivity (Wildman–Crippen MR) is 69.2 cm³/mol. The molecule has 3 rings (SSSR count). The highest BCUT2D eigenvalue weighted by Gasteiger charge is 2.22. The van der Waals surface area contributed by atoms with E-state index < -0.39 is 0 Å². The molecule has 3 N–H and O–H groups in total. The fraction of sp³-hybridized carbons (Fsp3) is 0.308. The normalized spacial score (nSPS) is 14.5. The summed E-state index contributed by atoms with van der Waals surface area (Å²) in [6.07, 6.45) is 1.67. The zero-order valence-corrected chi connectivity index (χ0v) is 10.4. The van der Waals surface area contributed by atoms with Gasteiger partial charge in [-0.05, 0) is 24.6 Å². The monoisotopic (exact) mass is 247 g/mol. The van der Waals surface area contributed by atoms with Gasteiger partial charge in [0.25, 0.3) is 0 Å². The van der Waals surface area contributed by atoms with Gasteiger partial charge in [0.2, 0.25) is 0 Å². The second kappa shape index (κ2) is 3.86. The van der Waals surface area contributed by atoms with Crippen LogP contribution in [0.1, 0.15) is 24.0 Å². The molecule has 1 heterocycles. The van der Waals surface area contributed by atoms with Crippen LogP contribution in [0.2, 0.25) is 5.02 Å². The molecule has 0 amide bonds. The van der Waals surface area contributed by atoms with Crippen molar-refractivity contribution in [2.75, 3.05) is 0 Å². The lowest BCUT2D eigenvalue weighted by molar-refractivity contribution is 0.708. The van der Waals surface area contributed by atoms with Crippen molar-refractivity contribution in [3.63, 3.8) is 0 Å². The van der Waals surface area contributed by atoms with Crippen LogP contribution in [0.25, 0.3) is 11.3 Å². The summed E-state index contributed by atoms with van der Waals surface area (Å²) >= 11 is 5.99. The first-order valence-corrected chi connectivity index (χ1v) is 6.13.